The molecule has 8 heteroatoms. The normalized spacial score (nSPS) is 10.7. The Morgan fingerprint density at radius 1 is 1.00 bits per heavy atom. The molecule has 6 nitrogen and oxygen atoms in total. The minimum atomic E-state index is -0.828. The summed E-state index contributed by atoms with van der Waals surface area (Å²) in [7, 11) is 0. The standard InChI is InChI=1S/C21H15ClN4O2S/c1-12-4-9-15-17(11-12)29-21(26-15)13-5-7-14(8-6-13)24-19(27)20(28)25-16-3-2-10-23-18(16)22/h2-11H,1H3,(H,24,27)(H,25,28). The first kappa shape index (κ1) is 19.0. The van der Waals surface area contributed by atoms with Gasteiger partial charge in [-0.2, -0.15) is 0 Å². The van der Waals surface area contributed by atoms with Crippen molar-refractivity contribution in [3.05, 3.63) is 71.5 Å². The Labute approximate surface area is 175 Å². The number of rotatable bonds is 3. The fourth-order valence-corrected chi connectivity index (χ4v) is 3.93. The van der Waals surface area contributed by atoms with Gasteiger partial charge in [-0.3, -0.25) is 9.59 Å². The first-order valence-corrected chi connectivity index (χ1v) is 9.89. The average Bonchev–Trinajstić information content (AvgIpc) is 3.13. The summed E-state index contributed by atoms with van der Waals surface area (Å²) in [6.45, 7) is 2.05. The van der Waals surface area contributed by atoms with E-state index in [9.17, 15) is 9.59 Å². The van der Waals surface area contributed by atoms with E-state index in [4.69, 9.17) is 11.6 Å². The molecule has 0 fully saturated rings. The van der Waals surface area contributed by atoms with Crippen LogP contribution in [0.1, 0.15) is 5.56 Å². The van der Waals surface area contributed by atoms with Gasteiger partial charge in [-0.25, -0.2) is 9.97 Å². The van der Waals surface area contributed by atoms with Crippen LogP contribution in [0.2, 0.25) is 5.15 Å². The maximum absolute atomic E-state index is 12.1. The molecule has 0 spiro atoms. The van der Waals surface area contributed by atoms with Crippen LogP contribution >= 0.6 is 22.9 Å². The average molecular weight is 423 g/mol. The first-order valence-electron chi connectivity index (χ1n) is 8.70. The van der Waals surface area contributed by atoms with Crippen LogP contribution in [0.15, 0.2) is 60.8 Å². The van der Waals surface area contributed by atoms with Crippen molar-refractivity contribution in [3.63, 3.8) is 0 Å². The summed E-state index contributed by atoms with van der Waals surface area (Å²) in [4.78, 5) is 32.7. The van der Waals surface area contributed by atoms with E-state index in [0.717, 1.165) is 20.8 Å². The molecule has 2 N–H and O–H groups in total. The molecule has 0 atom stereocenters. The van der Waals surface area contributed by atoms with Crippen LogP contribution in [-0.4, -0.2) is 21.8 Å². The molecule has 2 amide bonds. The quantitative estimate of drug-likeness (QED) is 0.363. The van der Waals surface area contributed by atoms with Crippen LogP contribution in [0.25, 0.3) is 20.8 Å². The van der Waals surface area contributed by atoms with Crippen LogP contribution in [0.3, 0.4) is 0 Å². The van der Waals surface area contributed by atoms with Gasteiger partial charge in [0.05, 0.1) is 15.9 Å². The molecule has 0 saturated carbocycles. The van der Waals surface area contributed by atoms with Crippen molar-refractivity contribution in [2.75, 3.05) is 10.6 Å². The molecule has 0 aliphatic rings. The molecule has 2 heterocycles. The molecule has 29 heavy (non-hydrogen) atoms. The monoisotopic (exact) mass is 422 g/mol. The molecule has 0 bridgehead atoms. The number of aromatic nitrogens is 2. The SMILES string of the molecule is Cc1ccc2nc(-c3ccc(NC(=O)C(=O)Nc4cccnc4Cl)cc3)sc2c1. The number of nitrogens with one attached hydrogen (secondary N) is 2. The number of halogens is 1. The number of pyridine rings is 1. The van der Waals surface area contributed by atoms with Gasteiger partial charge in [0.25, 0.3) is 0 Å². The van der Waals surface area contributed by atoms with E-state index in [1.807, 2.05) is 24.3 Å². The summed E-state index contributed by atoms with van der Waals surface area (Å²) in [5.41, 5.74) is 3.86. The molecular weight excluding hydrogens is 408 g/mol. The van der Waals surface area contributed by atoms with Crippen LogP contribution in [0, 0.1) is 6.92 Å². The third-order valence-corrected chi connectivity index (χ3v) is 5.52. The highest BCUT2D eigenvalue weighted by molar-refractivity contribution is 7.21. The number of benzene rings is 2. The zero-order chi connectivity index (χ0) is 20.4. The number of carbonyl (C=O) groups is 2. The van der Waals surface area contributed by atoms with Gasteiger partial charge in [-0.15, -0.1) is 11.3 Å². The molecule has 4 rings (SSSR count). The van der Waals surface area contributed by atoms with Crippen LogP contribution in [0.5, 0.6) is 0 Å². The number of amides is 2. The van der Waals surface area contributed by atoms with E-state index >= 15 is 0 Å². The second-order valence-corrected chi connectivity index (χ2v) is 7.71. The summed E-state index contributed by atoms with van der Waals surface area (Å²) in [5.74, 6) is -1.63. The van der Waals surface area contributed by atoms with E-state index in [1.165, 1.54) is 11.8 Å². The highest BCUT2D eigenvalue weighted by Gasteiger charge is 2.16. The number of thiazole rings is 1. The lowest BCUT2D eigenvalue weighted by atomic mass is 10.2. The Bertz CT molecular complexity index is 1220. The molecule has 0 unspecified atom stereocenters. The number of fused-ring (bicyclic) bond motifs is 1. The topological polar surface area (TPSA) is 84.0 Å². The number of nitrogens with zero attached hydrogens (tertiary/aromatic N) is 2. The largest absolute Gasteiger partial charge is 0.318 e. The smallest absolute Gasteiger partial charge is 0.314 e. The maximum atomic E-state index is 12.1. The first-order chi connectivity index (χ1) is 14.0. The predicted octanol–water partition coefficient (Wildman–Crippen LogP) is 4.90. The fraction of sp³-hybridized carbons (Fsp3) is 0.0476. The van der Waals surface area contributed by atoms with Crippen molar-refractivity contribution >= 4 is 56.3 Å². The molecule has 0 saturated heterocycles. The summed E-state index contributed by atoms with van der Waals surface area (Å²) >= 11 is 7.50. The van der Waals surface area contributed by atoms with Crippen molar-refractivity contribution in [2.45, 2.75) is 6.92 Å². The molecular formula is C21H15ClN4O2S. The minimum Gasteiger partial charge on any atom is -0.318 e. The van der Waals surface area contributed by atoms with E-state index in [2.05, 4.69) is 33.6 Å². The Balaban J connectivity index is 1.45. The molecule has 0 aliphatic heterocycles. The van der Waals surface area contributed by atoms with Crippen LogP contribution < -0.4 is 10.6 Å². The Hall–Kier alpha value is -3.29. The molecule has 2 aromatic carbocycles. The van der Waals surface area contributed by atoms with Gasteiger partial charge >= 0.3 is 11.8 Å². The predicted molar refractivity (Wildman–Crippen MR) is 116 cm³/mol. The number of anilines is 2. The van der Waals surface area contributed by atoms with Gasteiger partial charge in [0.2, 0.25) is 0 Å². The third-order valence-electron chi connectivity index (χ3n) is 4.15. The van der Waals surface area contributed by atoms with Gasteiger partial charge in [0.15, 0.2) is 5.15 Å². The third kappa shape index (κ3) is 4.26. The summed E-state index contributed by atoms with van der Waals surface area (Å²) in [6, 6.07) is 16.5. The molecule has 4 aromatic rings. The van der Waals surface area contributed by atoms with E-state index in [-0.39, 0.29) is 10.8 Å². The van der Waals surface area contributed by atoms with Crippen molar-refractivity contribution < 1.29 is 9.59 Å². The van der Waals surface area contributed by atoms with Gasteiger partial charge in [0, 0.05) is 17.4 Å². The highest BCUT2D eigenvalue weighted by atomic mass is 35.5. The van der Waals surface area contributed by atoms with Crippen molar-refractivity contribution in [2.24, 2.45) is 0 Å². The highest BCUT2D eigenvalue weighted by Crippen LogP contribution is 2.31. The van der Waals surface area contributed by atoms with Gasteiger partial charge in [-0.1, -0.05) is 17.7 Å². The van der Waals surface area contributed by atoms with Crippen molar-refractivity contribution in [1.29, 1.82) is 0 Å². The van der Waals surface area contributed by atoms with Crippen LogP contribution in [0.4, 0.5) is 11.4 Å². The summed E-state index contributed by atoms with van der Waals surface area (Å²) in [6.07, 6.45) is 1.49. The Kier molecular flexibility index (Phi) is 5.24. The number of aryl methyl sites for hydroxylation is 1. The van der Waals surface area contributed by atoms with Gasteiger partial charge < -0.3 is 10.6 Å². The van der Waals surface area contributed by atoms with Crippen molar-refractivity contribution in [3.8, 4) is 10.6 Å². The lowest BCUT2D eigenvalue weighted by molar-refractivity contribution is -0.132. The zero-order valence-electron chi connectivity index (χ0n) is 15.3. The maximum Gasteiger partial charge on any atom is 0.314 e. The number of hydrogen-bond donors (Lipinski definition) is 2. The molecule has 2 aromatic heterocycles. The summed E-state index contributed by atoms with van der Waals surface area (Å²) in [5, 5.41) is 6.01. The van der Waals surface area contributed by atoms with E-state index in [1.54, 1.807) is 35.6 Å². The van der Waals surface area contributed by atoms with E-state index in [0.29, 0.717) is 5.69 Å². The van der Waals surface area contributed by atoms with Crippen molar-refractivity contribution in [1.82, 2.24) is 9.97 Å². The summed E-state index contributed by atoms with van der Waals surface area (Å²) < 4.78 is 1.13. The lowest BCUT2D eigenvalue weighted by Crippen LogP contribution is -2.29. The van der Waals surface area contributed by atoms with Crippen LogP contribution in [-0.2, 0) is 9.59 Å². The second-order valence-electron chi connectivity index (χ2n) is 6.32. The van der Waals surface area contributed by atoms with Gasteiger partial charge in [0.1, 0.15) is 5.01 Å². The molecule has 0 radical (unpaired) electrons. The Morgan fingerprint density at radius 3 is 2.52 bits per heavy atom. The van der Waals surface area contributed by atoms with E-state index < -0.39 is 11.8 Å². The number of hydrogen-bond acceptors (Lipinski definition) is 5. The molecule has 0 aliphatic carbocycles. The lowest BCUT2D eigenvalue weighted by Gasteiger charge is -2.07. The fourth-order valence-electron chi connectivity index (χ4n) is 2.70. The zero-order valence-corrected chi connectivity index (χ0v) is 16.8. The number of carbonyl (C=O) groups excluding carboxylic acids is 2. The second kappa shape index (κ2) is 7.98. The Morgan fingerprint density at radius 2 is 1.76 bits per heavy atom. The minimum absolute atomic E-state index is 0.115. The molecule has 144 valence electrons. The van der Waals surface area contributed by atoms with Gasteiger partial charge in [-0.05, 0) is 61.0 Å².